The minimum atomic E-state index is -0.478. The number of aromatic nitrogens is 1. The van der Waals surface area contributed by atoms with Crippen molar-refractivity contribution in [2.45, 2.75) is 0 Å². The van der Waals surface area contributed by atoms with Gasteiger partial charge in [-0.15, -0.1) is 0 Å². The first-order valence-corrected chi connectivity index (χ1v) is 6.71. The monoisotopic (exact) mass is 291 g/mol. The molecule has 5 nitrogen and oxygen atoms in total. The summed E-state index contributed by atoms with van der Waals surface area (Å²) in [6, 6.07) is 14.5. The highest BCUT2D eigenvalue weighted by atomic mass is 16.6. The van der Waals surface area contributed by atoms with Crippen molar-refractivity contribution in [1.82, 2.24) is 4.98 Å². The lowest BCUT2D eigenvalue weighted by Gasteiger charge is -2.01. The molecule has 0 radical (unpaired) electrons. The molecule has 2 aromatic carbocycles. The number of anilines is 1. The Morgan fingerprint density at radius 1 is 1.09 bits per heavy atom. The number of nitro groups is 1. The van der Waals surface area contributed by atoms with Crippen LogP contribution in [0.3, 0.4) is 0 Å². The molecule has 0 aliphatic heterocycles. The summed E-state index contributed by atoms with van der Waals surface area (Å²) in [4.78, 5) is 14.7. The predicted molar refractivity (Wildman–Crippen MR) is 88.2 cm³/mol. The van der Waals surface area contributed by atoms with Crippen LogP contribution in [0, 0.1) is 10.1 Å². The van der Waals surface area contributed by atoms with Gasteiger partial charge in [0, 0.05) is 17.6 Å². The molecule has 0 aliphatic carbocycles. The molecule has 1 aromatic heterocycles. The molecule has 3 aromatic rings. The van der Waals surface area contributed by atoms with E-state index in [1.807, 2.05) is 42.5 Å². The fourth-order valence-electron chi connectivity index (χ4n) is 2.27. The van der Waals surface area contributed by atoms with Gasteiger partial charge in [-0.25, -0.2) is 0 Å². The topological polar surface area (TPSA) is 82.0 Å². The lowest BCUT2D eigenvalue weighted by Crippen LogP contribution is -1.95. The van der Waals surface area contributed by atoms with Crippen LogP contribution in [-0.2, 0) is 0 Å². The lowest BCUT2D eigenvalue weighted by atomic mass is 10.1. The number of nitrogens with two attached hydrogens (primary N) is 1. The molecule has 2 N–H and O–H groups in total. The van der Waals surface area contributed by atoms with E-state index in [4.69, 9.17) is 5.73 Å². The van der Waals surface area contributed by atoms with Gasteiger partial charge >= 0.3 is 0 Å². The third-order valence-electron chi connectivity index (χ3n) is 3.39. The van der Waals surface area contributed by atoms with Crippen LogP contribution >= 0.6 is 0 Å². The molecule has 108 valence electrons. The second-order valence-corrected chi connectivity index (χ2v) is 4.83. The molecule has 0 bridgehead atoms. The van der Waals surface area contributed by atoms with Crippen LogP contribution in [-0.4, -0.2) is 9.91 Å². The first kappa shape index (κ1) is 13.8. The molecule has 0 saturated carbocycles. The van der Waals surface area contributed by atoms with Crippen LogP contribution in [0.2, 0.25) is 0 Å². The summed E-state index contributed by atoms with van der Waals surface area (Å²) in [5.41, 5.74) is 8.32. The Kier molecular flexibility index (Phi) is 3.53. The Labute approximate surface area is 126 Å². The van der Waals surface area contributed by atoms with Crippen molar-refractivity contribution < 1.29 is 4.92 Å². The predicted octanol–water partition coefficient (Wildman–Crippen LogP) is 3.90. The molecule has 22 heavy (non-hydrogen) atoms. The summed E-state index contributed by atoms with van der Waals surface area (Å²) < 4.78 is 0. The van der Waals surface area contributed by atoms with Crippen molar-refractivity contribution in [1.29, 1.82) is 0 Å². The van der Waals surface area contributed by atoms with Gasteiger partial charge in [-0.1, -0.05) is 36.4 Å². The molecule has 0 unspecified atom stereocenters. The smallest absolute Gasteiger partial charge is 0.292 e. The van der Waals surface area contributed by atoms with E-state index in [1.165, 1.54) is 6.07 Å². The van der Waals surface area contributed by atoms with Gasteiger partial charge in [-0.05, 0) is 29.3 Å². The second-order valence-electron chi connectivity index (χ2n) is 4.83. The number of para-hydroxylation sites is 1. The van der Waals surface area contributed by atoms with Crippen LogP contribution < -0.4 is 5.73 Å². The Hall–Kier alpha value is -3.21. The van der Waals surface area contributed by atoms with Gasteiger partial charge in [-0.3, -0.25) is 15.1 Å². The van der Waals surface area contributed by atoms with Crippen molar-refractivity contribution in [2.24, 2.45) is 0 Å². The van der Waals surface area contributed by atoms with E-state index in [-0.39, 0.29) is 11.4 Å². The average Bonchev–Trinajstić information content (AvgIpc) is 2.53. The molecule has 0 spiro atoms. The van der Waals surface area contributed by atoms with Crippen molar-refractivity contribution in [2.75, 3.05) is 5.73 Å². The largest absolute Gasteiger partial charge is 0.393 e. The molecule has 0 atom stereocenters. The van der Waals surface area contributed by atoms with Crippen molar-refractivity contribution in [3.05, 3.63) is 76.0 Å². The highest BCUT2D eigenvalue weighted by molar-refractivity contribution is 5.90. The molecule has 0 amide bonds. The average molecular weight is 291 g/mol. The highest BCUT2D eigenvalue weighted by Gasteiger charge is 2.10. The zero-order valence-electron chi connectivity index (χ0n) is 11.6. The van der Waals surface area contributed by atoms with E-state index >= 15 is 0 Å². The number of nitro benzene ring substituents is 1. The van der Waals surface area contributed by atoms with Gasteiger partial charge in [0.1, 0.15) is 5.69 Å². The van der Waals surface area contributed by atoms with Gasteiger partial charge in [0.25, 0.3) is 5.69 Å². The quantitative estimate of drug-likeness (QED) is 0.451. The van der Waals surface area contributed by atoms with Crippen LogP contribution in [0.15, 0.2) is 54.7 Å². The van der Waals surface area contributed by atoms with Crippen LogP contribution in [0.1, 0.15) is 11.1 Å². The van der Waals surface area contributed by atoms with Crippen LogP contribution in [0.25, 0.3) is 23.1 Å². The molecule has 0 fully saturated rings. The summed E-state index contributed by atoms with van der Waals surface area (Å²) in [7, 11) is 0. The van der Waals surface area contributed by atoms with Crippen molar-refractivity contribution in [3.63, 3.8) is 0 Å². The van der Waals surface area contributed by atoms with Gasteiger partial charge in [-0.2, -0.15) is 0 Å². The second kappa shape index (κ2) is 5.65. The molecular weight excluding hydrogens is 278 g/mol. The van der Waals surface area contributed by atoms with E-state index in [0.29, 0.717) is 0 Å². The summed E-state index contributed by atoms with van der Waals surface area (Å²) in [6.45, 7) is 0. The lowest BCUT2D eigenvalue weighted by molar-refractivity contribution is -0.383. The fraction of sp³-hybridized carbons (Fsp3) is 0. The number of hydrogen-bond acceptors (Lipinski definition) is 4. The number of pyridine rings is 1. The number of hydrogen-bond donors (Lipinski definition) is 1. The Morgan fingerprint density at radius 3 is 2.73 bits per heavy atom. The normalized spacial score (nSPS) is 11.1. The highest BCUT2D eigenvalue weighted by Crippen LogP contribution is 2.24. The van der Waals surface area contributed by atoms with E-state index in [2.05, 4.69) is 4.98 Å². The zero-order valence-corrected chi connectivity index (χ0v) is 11.6. The summed E-state index contributed by atoms with van der Waals surface area (Å²) in [5, 5.41) is 11.9. The number of rotatable bonds is 3. The maximum Gasteiger partial charge on any atom is 0.292 e. The van der Waals surface area contributed by atoms with Crippen molar-refractivity contribution in [3.8, 4) is 0 Å². The van der Waals surface area contributed by atoms with Crippen LogP contribution in [0.5, 0.6) is 0 Å². The summed E-state index contributed by atoms with van der Waals surface area (Å²) >= 11 is 0. The van der Waals surface area contributed by atoms with Gasteiger partial charge in [0.2, 0.25) is 0 Å². The summed E-state index contributed by atoms with van der Waals surface area (Å²) in [5.74, 6) is 0. The maximum atomic E-state index is 10.9. The van der Waals surface area contributed by atoms with E-state index in [0.717, 1.165) is 22.0 Å². The molecule has 1 heterocycles. The van der Waals surface area contributed by atoms with Gasteiger partial charge in [0.05, 0.1) is 10.4 Å². The molecule has 5 heteroatoms. The van der Waals surface area contributed by atoms with E-state index in [9.17, 15) is 10.1 Å². The van der Waals surface area contributed by atoms with Gasteiger partial charge < -0.3 is 5.73 Å². The van der Waals surface area contributed by atoms with Crippen molar-refractivity contribution >= 4 is 34.4 Å². The third kappa shape index (κ3) is 2.64. The number of nitrogens with zero attached hydrogens (tertiary/aromatic N) is 2. The first-order chi connectivity index (χ1) is 10.6. The molecule has 0 aliphatic rings. The van der Waals surface area contributed by atoms with Gasteiger partial charge in [0.15, 0.2) is 0 Å². The number of nitrogen functional groups attached to an aromatic ring is 1. The first-order valence-electron chi connectivity index (χ1n) is 6.71. The Morgan fingerprint density at radius 2 is 1.91 bits per heavy atom. The minimum absolute atomic E-state index is 0.0817. The minimum Gasteiger partial charge on any atom is -0.393 e. The maximum absolute atomic E-state index is 10.9. The SMILES string of the molecule is Nc1ccc(C=Cc2ccnc3ccccc23)cc1[N+](=O)[O-]. The van der Waals surface area contributed by atoms with E-state index in [1.54, 1.807) is 18.3 Å². The molecular formula is C17H13N3O2. The third-order valence-corrected chi connectivity index (χ3v) is 3.39. The molecule has 3 rings (SSSR count). The standard InChI is InChI=1S/C17H13N3O2/c18-15-8-6-12(11-17(15)20(21)22)5-7-13-9-10-19-16-4-2-1-3-14(13)16/h1-11H,18H2. The number of benzene rings is 2. The Balaban J connectivity index is 2.00. The molecule has 0 saturated heterocycles. The summed E-state index contributed by atoms with van der Waals surface area (Å²) in [6.07, 6.45) is 5.49. The van der Waals surface area contributed by atoms with Crippen LogP contribution in [0.4, 0.5) is 11.4 Å². The van der Waals surface area contributed by atoms with E-state index < -0.39 is 4.92 Å². The fourth-order valence-corrected chi connectivity index (χ4v) is 2.27. The number of fused-ring (bicyclic) bond motifs is 1. The Bertz CT molecular complexity index is 883. The zero-order chi connectivity index (χ0) is 15.5.